The van der Waals surface area contributed by atoms with Crippen molar-refractivity contribution in [3.63, 3.8) is 0 Å². The normalized spacial score (nSPS) is 24.5. The first-order valence-corrected chi connectivity index (χ1v) is 6.01. The molecule has 0 radical (unpaired) electrons. The summed E-state index contributed by atoms with van der Waals surface area (Å²) in [5, 5.41) is 9.60. The van der Waals surface area contributed by atoms with E-state index in [1.54, 1.807) is 18.6 Å². The predicted octanol–water partition coefficient (Wildman–Crippen LogP) is 1.20. The summed E-state index contributed by atoms with van der Waals surface area (Å²) in [7, 11) is 0. The molecule has 1 N–H and O–H groups in total. The van der Waals surface area contributed by atoms with Gasteiger partial charge in [-0.05, 0) is 12.8 Å². The van der Waals surface area contributed by atoms with Gasteiger partial charge in [-0.15, -0.1) is 11.8 Å². The van der Waals surface area contributed by atoms with Gasteiger partial charge in [-0.3, -0.25) is 4.98 Å². The molecule has 2 rings (SSSR count). The van der Waals surface area contributed by atoms with Gasteiger partial charge in [0.2, 0.25) is 0 Å². The van der Waals surface area contributed by atoms with E-state index in [0.29, 0.717) is 6.42 Å². The zero-order valence-electron chi connectivity index (χ0n) is 8.57. The number of aliphatic carboxylic acids is 1. The zero-order chi connectivity index (χ0) is 11.4. The Kier molecular flexibility index (Phi) is 3.74. The lowest BCUT2D eigenvalue weighted by molar-refractivity contribution is -0.148. The number of hydrogen-bond donors (Lipinski definition) is 1. The molecule has 0 saturated carbocycles. The number of aromatic nitrogens is 2. The summed E-state index contributed by atoms with van der Waals surface area (Å²) in [6.45, 7) is 0. The summed E-state index contributed by atoms with van der Waals surface area (Å²) in [6.07, 6.45) is 5.72. The fourth-order valence-electron chi connectivity index (χ4n) is 1.55. The molecule has 86 valence electrons. The second-order valence-corrected chi connectivity index (χ2v) is 4.56. The number of carboxylic acids is 1. The van der Waals surface area contributed by atoms with Crippen LogP contribution < -0.4 is 0 Å². The van der Waals surface area contributed by atoms with Gasteiger partial charge in [0, 0.05) is 18.1 Å². The van der Waals surface area contributed by atoms with Crippen molar-refractivity contribution in [3.8, 4) is 0 Å². The van der Waals surface area contributed by atoms with E-state index >= 15 is 0 Å². The zero-order valence-corrected chi connectivity index (χ0v) is 9.39. The van der Waals surface area contributed by atoms with Crippen LogP contribution in [0, 0.1) is 0 Å². The van der Waals surface area contributed by atoms with E-state index < -0.39 is 12.1 Å². The molecular weight excluding hydrogens is 228 g/mol. The van der Waals surface area contributed by atoms with Crippen LogP contribution in [-0.2, 0) is 9.53 Å². The van der Waals surface area contributed by atoms with Gasteiger partial charge in [0.1, 0.15) is 5.03 Å². The minimum atomic E-state index is -0.869. The van der Waals surface area contributed by atoms with E-state index in [9.17, 15) is 4.79 Å². The van der Waals surface area contributed by atoms with Crippen LogP contribution in [0.15, 0.2) is 23.6 Å². The number of rotatable bonds is 4. The Bertz CT molecular complexity index is 360. The van der Waals surface area contributed by atoms with Crippen LogP contribution in [0.3, 0.4) is 0 Å². The van der Waals surface area contributed by atoms with Crippen molar-refractivity contribution in [2.45, 2.75) is 30.1 Å². The Labute approximate surface area is 97.2 Å². The van der Waals surface area contributed by atoms with Gasteiger partial charge < -0.3 is 9.84 Å². The largest absolute Gasteiger partial charge is 0.479 e. The van der Waals surface area contributed by atoms with Gasteiger partial charge >= 0.3 is 5.97 Å². The minimum absolute atomic E-state index is 0.00751. The predicted molar refractivity (Wildman–Crippen MR) is 58.3 cm³/mol. The first-order valence-electron chi connectivity index (χ1n) is 5.03. The summed E-state index contributed by atoms with van der Waals surface area (Å²) in [6, 6.07) is 0. The second-order valence-electron chi connectivity index (χ2n) is 3.52. The molecule has 5 nitrogen and oxygen atoms in total. The highest BCUT2D eigenvalue weighted by Gasteiger charge is 2.30. The summed E-state index contributed by atoms with van der Waals surface area (Å²) < 4.78 is 5.38. The third-order valence-corrected chi connectivity index (χ3v) is 3.38. The smallest absolute Gasteiger partial charge is 0.332 e. The Hall–Kier alpha value is -1.14. The molecule has 1 fully saturated rings. The fraction of sp³-hybridized carbons (Fsp3) is 0.500. The number of carbonyl (C=O) groups is 1. The van der Waals surface area contributed by atoms with Gasteiger partial charge in [0.25, 0.3) is 0 Å². The average Bonchev–Trinajstić information content (AvgIpc) is 2.76. The minimum Gasteiger partial charge on any atom is -0.479 e. The molecule has 0 spiro atoms. The number of carboxylic acid groups (broad SMARTS) is 1. The van der Waals surface area contributed by atoms with Crippen LogP contribution in [0.25, 0.3) is 0 Å². The molecule has 6 heteroatoms. The van der Waals surface area contributed by atoms with Crippen molar-refractivity contribution in [3.05, 3.63) is 18.6 Å². The molecule has 0 aromatic carbocycles. The molecule has 0 aliphatic carbocycles. The Morgan fingerprint density at radius 2 is 2.44 bits per heavy atom. The van der Waals surface area contributed by atoms with Crippen LogP contribution in [0.2, 0.25) is 0 Å². The topological polar surface area (TPSA) is 72.3 Å². The lowest BCUT2D eigenvalue weighted by Crippen LogP contribution is -2.21. The van der Waals surface area contributed by atoms with Crippen molar-refractivity contribution in [2.24, 2.45) is 0 Å². The van der Waals surface area contributed by atoms with Gasteiger partial charge in [0.15, 0.2) is 6.10 Å². The molecule has 1 aromatic heterocycles. The van der Waals surface area contributed by atoms with E-state index in [1.165, 1.54) is 11.8 Å². The SMILES string of the molecule is O=C(O)C1CCC(CSc2cnccn2)O1. The van der Waals surface area contributed by atoms with Crippen molar-refractivity contribution < 1.29 is 14.6 Å². The Morgan fingerprint density at radius 1 is 1.56 bits per heavy atom. The molecule has 2 atom stereocenters. The van der Waals surface area contributed by atoms with E-state index in [2.05, 4.69) is 9.97 Å². The van der Waals surface area contributed by atoms with Gasteiger partial charge in [-0.1, -0.05) is 0 Å². The molecule has 1 aliphatic heterocycles. The van der Waals surface area contributed by atoms with E-state index in [0.717, 1.165) is 17.2 Å². The second kappa shape index (κ2) is 5.27. The highest BCUT2D eigenvalue weighted by atomic mass is 32.2. The fourth-order valence-corrected chi connectivity index (χ4v) is 2.42. The molecule has 0 amide bonds. The van der Waals surface area contributed by atoms with Crippen molar-refractivity contribution in [1.29, 1.82) is 0 Å². The number of thioether (sulfide) groups is 1. The first kappa shape index (κ1) is 11.3. The van der Waals surface area contributed by atoms with E-state index in [1.807, 2.05) is 0 Å². The molecule has 2 heterocycles. The molecule has 16 heavy (non-hydrogen) atoms. The average molecular weight is 240 g/mol. The van der Waals surface area contributed by atoms with Crippen LogP contribution in [0.4, 0.5) is 0 Å². The quantitative estimate of drug-likeness (QED) is 0.797. The highest BCUT2D eigenvalue weighted by Crippen LogP contribution is 2.25. The van der Waals surface area contributed by atoms with Crippen molar-refractivity contribution in [1.82, 2.24) is 9.97 Å². The number of hydrogen-bond acceptors (Lipinski definition) is 5. The van der Waals surface area contributed by atoms with E-state index in [-0.39, 0.29) is 6.10 Å². The van der Waals surface area contributed by atoms with Crippen LogP contribution in [0.1, 0.15) is 12.8 Å². The van der Waals surface area contributed by atoms with Crippen molar-refractivity contribution in [2.75, 3.05) is 5.75 Å². The van der Waals surface area contributed by atoms with Gasteiger partial charge in [-0.2, -0.15) is 0 Å². The van der Waals surface area contributed by atoms with Crippen molar-refractivity contribution >= 4 is 17.7 Å². The summed E-state index contributed by atoms with van der Waals surface area (Å²) in [5.74, 6) is -0.144. The van der Waals surface area contributed by atoms with E-state index in [4.69, 9.17) is 9.84 Å². The van der Waals surface area contributed by atoms with Crippen LogP contribution >= 0.6 is 11.8 Å². The molecule has 0 bridgehead atoms. The monoisotopic (exact) mass is 240 g/mol. The van der Waals surface area contributed by atoms with Gasteiger partial charge in [-0.25, -0.2) is 9.78 Å². The molecule has 1 saturated heterocycles. The standard InChI is InChI=1S/C10H12N2O3S/c13-10(14)8-2-1-7(15-8)6-16-9-5-11-3-4-12-9/h3-5,7-8H,1-2,6H2,(H,13,14). The lowest BCUT2D eigenvalue weighted by atomic mass is 10.2. The van der Waals surface area contributed by atoms with Crippen LogP contribution in [-0.4, -0.2) is 39.0 Å². The molecular formula is C10H12N2O3S. The molecule has 2 unspecified atom stereocenters. The Morgan fingerprint density at radius 3 is 3.06 bits per heavy atom. The third kappa shape index (κ3) is 2.93. The first-order chi connectivity index (χ1) is 7.75. The lowest BCUT2D eigenvalue weighted by Gasteiger charge is -2.09. The third-order valence-electron chi connectivity index (χ3n) is 2.34. The summed E-state index contributed by atoms with van der Waals surface area (Å²) >= 11 is 1.54. The highest BCUT2D eigenvalue weighted by molar-refractivity contribution is 7.99. The number of nitrogens with zero attached hydrogens (tertiary/aromatic N) is 2. The maximum atomic E-state index is 10.7. The molecule has 1 aliphatic rings. The summed E-state index contributed by atoms with van der Waals surface area (Å²) in [4.78, 5) is 18.7. The number of ether oxygens (including phenoxy) is 1. The maximum absolute atomic E-state index is 10.7. The summed E-state index contributed by atoms with van der Waals surface area (Å²) in [5.41, 5.74) is 0. The maximum Gasteiger partial charge on any atom is 0.332 e. The van der Waals surface area contributed by atoms with Gasteiger partial charge in [0.05, 0.1) is 12.3 Å². The molecule has 1 aromatic rings. The Balaban J connectivity index is 1.78. The van der Waals surface area contributed by atoms with Crippen LogP contribution in [0.5, 0.6) is 0 Å².